The number of ether oxygens (including phenoxy) is 1. The highest BCUT2D eigenvalue weighted by molar-refractivity contribution is 8.01. The summed E-state index contributed by atoms with van der Waals surface area (Å²) in [7, 11) is 1.65. The van der Waals surface area contributed by atoms with Crippen molar-refractivity contribution in [1.82, 2.24) is 0 Å². The third-order valence-corrected chi connectivity index (χ3v) is 4.22. The molecule has 0 saturated heterocycles. The summed E-state index contributed by atoms with van der Waals surface area (Å²) >= 11 is 1.55. The number of hydrogen-bond acceptors (Lipinski definition) is 3. The Morgan fingerprint density at radius 3 is 2.57 bits per heavy atom. The molecule has 0 bridgehead atoms. The van der Waals surface area contributed by atoms with E-state index in [2.05, 4.69) is 0 Å². The monoisotopic (exact) mass is 218 g/mol. The molecule has 1 rings (SSSR count). The first kappa shape index (κ1) is 11.9. The first-order chi connectivity index (χ1) is 6.71. The van der Waals surface area contributed by atoms with Gasteiger partial charge in [-0.25, -0.2) is 0 Å². The lowest BCUT2D eigenvalue weighted by atomic mass is 9.88. The average molecular weight is 218 g/mol. The minimum absolute atomic E-state index is 0.517. The minimum Gasteiger partial charge on any atom is -0.480 e. The van der Waals surface area contributed by atoms with Crippen LogP contribution in [-0.2, 0) is 9.53 Å². The molecule has 0 atom stereocenters. The summed E-state index contributed by atoms with van der Waals surface area (Å²) in [6, 6.07) is 0. The maximum Gasteiger partial charge on any atom is 0.319 e. The van der Waals surface area contributed by atoms with Crippen molar-refractivity contribution in [2.75, 3.05) is 19.5 Å². The molecule has 4 heteroatoms. The molecule has 1 aliphatic carbocycles. The Kier molecular flexibility index (Phi) is 4.75. The van der Waals surface area contributed by atoms with Gasteiger partial charge in [-0.15, -0.1) is 11.8 Å². The number of methoxy groups -OCH3 is 1. The second-order valence-electron chi connectivity index (χ2n) is 3.70. The van der Waals surface area contributed by atoms with E-state index in [9.17, 15) is 9.90 Å². The third-order valence-electron chi connectivity index (χ3n) is 2.72. The SMILES string of the molecule is COCCSC1(C(=O)O)CCCCC1. The second kappa shape index (κ2) is 5.61. The van der Waals surface area contributed by atoms with Crippen molar-refractivity contribution in [3.8, 4) is 0 Å². The highest BCUT2D eigenvalue weighted by Gasteiger charge is 2.39. The number of aliphatic carboxylic acids is 1. The zero-order chi connectivity index (χ0) is 10.4. The van der Waals surface area contributed by atoms with E-state index in [4.69, 9.17) is 4.74 Å². The third kappa shape index (κ3) is 2.89. The molecule has 1 fully saturated rings. The van der Waals surface area contributed by atoms with Crippen LogP contribution in [0.3, 0.4) is 0 Å². The van der Waals surface area contributed by atoms with Crippen LogP contribution in [0.4, 0.5) is 0 Å². The molecule has 1 N–H and O–H groups in total. The Labute approximate surface area is 89.2 Å². The van der Waals surface area contributed by atoms with E-state index in [1.54, 1.807) is 18.9 Å². The first-order valence-electron chi connectivity index (χ1n) is 5.07. The number of carboxylic acids is 1. The molecule has 14 heavy (non-hydrogen) atoms. The smallest absolute Gasteiger partial charge is 0.319 e. The van der Waals surface area contributed by atoms with Crippen molar-refractivity contribution in [3.05, 3.63) is 0 Å². The lowest BCUT2D eigenvalue weighted by Gasteiger charge is -2.32. The molecular weight excluding hydrogens is 200 g/mol. The zero-order valence-corrected chi connectivity index (χ0v) is 9.44. The number of hydrogen-bond donors (Lipinski definition) is 1. The van der Waals surface area contributed by atoms with Crippen LogP contribution in [0.5, 0.6) is 0 Å². The summed E-state index contributed by atoms with van der Waals surface area (Å²) in [5.74, 6) is 0.140. The molecule has 0 radical (unpaired) electrons. The van der Waals surface area contributed by atoms with Gasteiger partial charge in [0.2, 0.25) is 0 Å². The van der Waals surface area contributed by atoms with Crippen LogP contribution in [0, 0.1) is 0 Å². The van der Waals surface area contributed by atoms with Gasteiger partial charge in [0.15, 0.2) is 0 Å². The summed E-state index contributed by atoms with van der Waals surface area (Å²) in [6.07, 6.45) is 4.91. The second-order valence-corrected chi connectivity index (χ2v) is 5.18. The summed E-state index contributed by atoms with van der Waals surface area (Å²) in [5.41, 5.74) is 0. The quantitative estimate of drug-likeness (QED) is 0.718. The largest absolute Gasteiger partial charge is 0.480 e. The maximum absolute atomic E-state index is 11.2. The lowest BCUT2D eigenvalue weighted by molar-refractivity contribution is -0.140. The van der Waals surface area contributed by atoms with E-state index in [1.165, 1.54) is 6.42 Å². The van der Waals surface area contributed by atoms with Crippen molar-refractivity contribution in [2.24, 2.45) is 0 Å². The van der Waals surface area contributed by atoms with Crippen LogP contribution in [0.1, 0.15) is 32.1 Å². The standard InChI is InChI=1S/C10H18O3S/c1-13-7-8-14-10(9(11)12)5-3-2-4-6-10/h2-8H2,1H3,(H,11,12). The van der Waals surface area contributed by atoms with Crippen molar-refractivity contribution in [2.45, 2.75) is 36.9 Å². The predicted molar refractivity (Wildman–Crippen MR) is 57.8 cm³/mol. The number of carboxylic acid groups (broad SMARTS) is 1. The molecule has 0 aromatic rings. The fourth-order valence-electron chi connectivity index (χ4n) is 1.86. The lowest BCUT2D eigenvalue weighted by Crippen LogP contribution is -2.37. The van der Waals surface area contributed by atoms with Crippen molar-refractivity contribution < 1.29 is 14.6 Å². The highest BCUT2D eigenvalue weighted by atomic mass is 32.2. The Balaban J connectivity index is 2.47. The van der Waals surface area contributed by atoms with Gasteiger partial charge in [-0.1, -0.05) is 19.3 Å². The number of carbonyl (C=O) groups is 1. The molecule has 1 aliphatic rings. The van der Waals surface area contributed by atoms with Crippen LogP contribution >= 0.6 is 11.8 Å². The van der Waals surface area contributed by atoms with E-state index in [0.717, 1.165) is 31.4 Å². The fraction of sp³-hybridized carbons (Fsp3) is 0.900. The number of rotatable bonds is 5. The Bertz CT molecular complexity index is 188. The predicted octanol–water partition coefficient (Wildman–Crippen LogP) is 2.15. The summed E-state index contributed by atoms with van der Waals surface area (Å²) in [6.45, 7) is 0.639. The van der Waals surface area contributed by atoms with Crippen molar-refractivity contribution >= 4 is 17.7 Å². The van der Waals surface area contributed by atoms with Crippen LogP contribution in [0.25, 0.3) is 0 Å². The van der Waals surface area contributed by atoms with E-state index in [1.807, 2.05) is 0 Å². The maximum atomic E-state index is 11.2. The van der Waals surface area contributed by atoms with E-state index in [0.29, 0.717) is 6.61 Å². The first-order valence-corrected chi connectivity index (χ1v) is 6.06. The Morgan fingerprint density at radius 1 is 1.43 bits per heavy atom. The van der Waals surface area contributed by atoms with Gasteiger partial charge in [-0.05, 0) is 12.8 Å². The summed E-state index contributed by atoms with van der Waals surface area (Å²) < 4.78 is 4.43. The molecular formula is C10H18O3S. The molecule has 1 saturated carbocycles. The minimum atomic E-state index is -0.640. The van der Waals surface area contributed by atoms with Gasteiger partial charge in [0.1, 0.15) is 4.75 Å². The van der Waals surface area contributed by atoms with Gasteiger partial charge in [-0.2, -0.15) is 0 Å². The van der Waals surface area contributed by atoms with Gasteiger partial charge in [0.05, 0.1) is 6.61 Å². The van der Waals surface area contributed by atoms with E-state index < -0.39 is 10.7 Å². The van der Waals surface area contributed by atoms with Crippen LogP contribution < -0.4 is 0 Å². The molecule has 0 heterocycles. The van der Waals surface area contributed by atoms with E-state index >= 15 is 0 Å². The molecule has 0 amide bonds. The zero-order valence-electron chi connectivity index (χ0n) is 8.62. The van der Waals surface area contributed by atoms with Gasteiger partial charge >= 0.3 is 5.97 Å². The molecule has 0 aliphatic heterocycles. The topological polar surface area (TPSA) is 46.5 Å². The van der Waals surface area contributed by atoms with Crippen LogP contribution in [0.2, 0.25) is 0 Å². The van der Waals surface area contributed by atoms with Gasteiger partial charge in [-0.3, -0.25) is 4.79 Å². The van der Waals surface area contributed by atoms with Crippen LogP contribution in [-0.4, -0.2) is 35.3 Å². The normalized spacial score (nSPS) is 20.6. The van der Waals surface area contributed by atoms with Crippen molar-refractivity contribution in [1.29, 1.82) is 0 Å². The van der Waals surface area contributed by atoms with E-state index in [-0.39, 0.29) is 0 Å². The number of thioether (sulfide) groups is 1. The molecule has 0 unspecified atom stereocenters. The highest BCUT2D eigenvalue weighted by Crippen LogP contribution is 2.40. The molecule has 0 aromatic carbocycles. The van der Waals surface area contributed by atoms with Crippen molar-refractivity contribution in [3.63, 3.8) is 0 Å². The van der Waals surface area contributed by atoms with Gasteiger partial charge in [0, 0.05) is 12.9 Å². The summed E-state index contributed by atoms with van der Waals surface area (Å²) in [4.78, 5) is 11.2. The Hall–Kier alpha value is -0.220. The van der Waals surface area contributed by atoms with Gasteiger partial charge < -0.3 is 9.84 Å². The molecule has 82 valence electrons. The van der Waals surface area contributed by atoms with Gasteiger partial charge in [0.25, 0.3) is 0 Å². The summed E-state index contributed by atoms with van der Waals surface area (Å²) in [5, 5.41) is 9.23. The van der Waals surface area contributed by atoms with Crippen LogP contribution in [0.15, 0.2) is 0 Å². The average Bonchev–Trinajstić information content (AvgIpc) is 2.19. The molecule has 3 nitrogen and oxygen atoms in total. The molecule has 0 aromatic heterocycles. The Morgan fingerprint density at radius 2 is 2.07 bits per heavy atom. The fourth-order valence-corrected chi connectivity index (χ4v) is 3.20. The molecule has 0 spiro atoms.